The first-order valence-corrected chi connectivity index (χ1v) is 6.92. The maximum absolute atomic E-state index is 10.1. The summed E-state index contributed by atoms with van der Waals surface area (Å²) in [5, 5.41) is 19.4. The first-order valence-electron chi connectivity index (χ1n) is 6.92. The smallest absolute Gasteiger partial charge is 0.204 e. The van der Waals surface area contributed by atoms with Crippen molar-refractivity contribution < 1.29 is 24.4 Å². The van der Waals surface area contributed by atoms with Crippen molar-refractivity contribution in [3.63, 3.8) is 0 Å². The molecule has 118 valence electrons. The van der Waals surface area contributed by atoms with Gasteiger partial charge in [0.05, 0.1) is 20.8 Å². The lowest BCUT2D eigenvalue weighted by Crippen LogP contribution is -2.27. The van der Waals surface area contributed by atoms with E-state index < -0.39 is 18.8 Å². The van der Waals surface area contributed by atoms with Crippen LogP contribution in [-0.4, -0.2) is 37.1 Å². The Hall–Kier alpha value is -2.24. The number of rotatable bonds is 7. The summed E-state index contributed by atoms with van der Waals surface area (Å²) in [6, 6.07) is 14.5. The van der Waals surface area contributed by atoms with Crippen LogP contribution in [0.4, 0.5) is 0 Å². The van der Waals surface area contributed by atoms with Gasteiger partial charge in [-0.1, -0.05) is 36.4 Å². The Morgan fingerprint density at radius 2 is 1.50 bits per heavy atom. The summed E-state index contributed by atoms with van der Waals surface area (Å²) in [6.45, 7) is -0.420. The molecular weight excluding hydrogens is 284 g/mol. The molecule has 0 unspecified atom stereocenters. The molecule has 0 radical (unpaired) electrons. The van der Waals surface area contributed by atoms with Crippen LogP contribution in [0, 0.1) is 0 Å². The molecule has 0 saturated heterocycles. The van der Waals surface area contributed by atoms with Crippen molar-refractivity contribution in [3.8, 4) is 17.2 Å². The molecule has 2 rings (SSSR count). The first kappa shape index (κ1) is 16.1. The van der Waals surface area contributed by atoms with Crippen molar-refractivity contribution in [1.82, 2.24) is 0 Å². The molecule has 5 heteroatoms. The third-order valence-corrected chi connectivity index (χ3v) is 3.29. The molecule has 0 aliphatic heterocycles. The number of hydrogen-bond acceptors (Lipinski definition) is 5. The van der Waals surface area contributed by atoms with Gasteiger partial charge in [0, 0.05) is 0 Å². The van der Waals surface area contributed by atoms with E-state index in [4.69, 9.17) is 14.2 Å². The maximum atomic E-state index is 10.1. The van der Waals surface area contributed by atoms with Crippen LogP contribution >= 0.6 is 0 Å². The molecular formula is C17H20O5. The Bertz CT molecular complexity index is 563. The van der Waals surface area contributed by atoms with Gasteiger partial charge >= 0.3 is 0 Å². The lowest BCUT2D eigenvalue weighted by atomic mass is 10.0. The Balaban J connectivity index is 2.40. The fraction of sp³-hybridized carbons (Fsp3) is 0.294. The van der Waals surface area contributed by atoms with Crippen LogP contribution in [0.1, 0.15) is 11.7 Å². The number of hydrogen-bond donors (Lipinski definition) is 2. The average molecular weight is 304 g/mol. The molecule has 2 atom stereocenters. The SMILES string of the molecule is COc1cccc(OC)c1O[C@@H](c1ccccc1)[C@H](O)CO. The molecule has 2 aromatic rings. The molecule has 5 nitrogen and oxygen atoms in total. The minimum atomic E-state index is -1.07. The minimum absolute atomic E-state index is 0.383. The molecule has 0 heterocycles. The van der Waals surface area contributed by atoms with E-state index in [9.17, 15) is 10.2 Å². The molecule has 0 aliphatic rings. The topological polar surface area (TPSA) is 68.2 Å². The molecule has 2 N–H and O–H groups in total. The number of para-hydroxylation sites is 1. The van der Waals surface area contributed by atoms with E-state index in [1.54, 1.807) is 18.2 Å². The van der Waals surface area contributed by atoms with Crippen LogP contribution in [-0.2, 0) is 0 Å². The molecule has 22 heavy (non-hydrogen) atoms. The molecule has 0 saturated carbocycles. The predicted molar refractivity (Wildman–Crippen MR) is 82.4 cm³/mol. The molecule has 2 aromatic carbocycles. The number of methoxy groups -OCH3 is 2. The summed E-state index contributed by atoms with van der Waals surface area (Å²) in [7, 11) is 3.06. The van der Waals surface area contributed by atoms with Gasteiger partial charge in [-0.15, -0.1) is 0 Å². The van der Waals surface area contributed by atoms with Crippen LogP contribution < -0.4 is 14.2 Å². The van der Waals surface area contributed by atoms with Crippen LogP contribution in [0.3, 0.4) is 0 Å². The third-order valence-electron chi connectivity index (χ3n) is 3.29. The molecule has 0 amide bonds. The van der Waals surface area contributed by atoms with Crippen LogP contribution in [0.2, 0.25) is 0 Å². The molecule has 0 bridgehead atoms. The van der Waals surface area contributed by atoms with Gasteiger partial charge < -0.3 is 24.4 Å². The van der Waals surface area contributed by atoms with Gasteiger partial charge in [0.15, 0.2) is 17.6 Å². The second-order valence-corrected chi connectivity index (χ2v) is 4.69. The van der Waals surface area contributed by atoms with Crippen molar-refractivity contribution in [2.45, 2.75) is 12.2 Å². The normalized spacial score (nSPS) is 13.3. The Morgan fingerprint density at radius 3 is 2.00 bits per heavy atom. The summed E-state index contributed by atoms with van der Waals surface area (Å²) in [6.07, 6.45) is -1.81. The second-order valence-electron chi connectivity index (χ2n) is 4.69. The molecule has 0 aliphatic carbocycles. The van der Waals surface area contributed by atoms with Crippen LogP contribution in [0.25, 0.3) is 0 Å². The monoisotopic (exact) mass is 304 g/mol. The third kappa shape index (κ3) is 3.50. The fourth-order valence-corrected chi connectivity index (χ4v) is 2.17. The van der Waals surface area contributed by atoms with E-state index >= 15 is 0 Å². The number of ether oxygens (including phenoxy) is 3. The largest absolute Gasteiger partial charge is 0.493 e. The van der Waals surface area contributed by atoms with Crippen LogP contribution in [0.5, 0.6) is 17.2 Å². The van der Waals surface area contributed by atoms with Crippen LogP contribution in [0.15, 0.2) is 48.5 Å². The average Bonchev–Trinajstić information content (AvgIpc) is 2.59. The second kappa shape index (κ2) is 7.68. The molecule has 0 aromatic heterocycles. The number of aliphatic hydroxyl groups is 2. The van der Waals surface area contributed by atoms with Gasteiger partial charge in [0.25, 0.3) is 0 Å². The standard InChI is InChI=1S/C17H20O5/c1-20-14-9-6-10-15(21-2)17(14)22-16(13(19)11-18)12-7-4-3-5-8-12/h3-10,13,16,18-19H,11H2,1-2H3/t13-,16+/m1/s1. The summed E-state index contributed by atoms with van der Waals surface area (Å²) < 4.78 is 16.5. The predicted octanol–water partition coefficient (Wildman–Crippen LogP) is 2.18. The van der Waals surface area contributed by atoms with Crippen molar-refractivity contribution in [2.75, 3.05) is 20.8 Å². The van der Waals surface area contributed by atoms with Gasteiger partial charge in [-0.3, -0.25) is 0 Å². The van der Waals surface area contributed by atoms with Crippen molar-refractivity contribution in [1.29, 1.82) is 0 Å². The van der Waals surface area contributed by atoms with Gasteiger partial charge in [-0.2, -0.15) is 0 Å². The van der Waals surface area contributed by atoms with Gasteiger partial charge in [-0.05, 0) is 17.7 Å². The Kier molecular flexibility index (Phi) is 5.63. The van der Waals surface area contributed by atoms with E-state index in [-0.39, 0.29) is 0 Å². The summed E-state index contributed by atoms with van der Waals surface area (Å²) in [4.78, 5) is 0. The Labute approximate surface area is 129 Å². The highest BCUT2D eigenvalue weighted by atomic mass is 16.5. The van der Waals surface area contributed by atoms with Crippen molar-refractivity contribution in [2.24, 2.45) is 0 Å². The zero-order valence-corrected chi connectivity index (χ0v) is 12.6. The highest BCUT2D eigenvalue weighted by Gasteiger charge is 2.25. The first-order chi connectivity index (χ1) is 10.7. The highest BCUT2D eigenvalue weighted by molar-refractivity contribution is 5.51. The fourth-order valence-electron chi connectivity index (χ4n) is 2.17. The van der Waals surface area contributed by atoms with E-state index in [0.29, 0.717) is 17.2 Å². The lowest BCUT2D eigenvalue weighted by Gasteiger charge is -2.25. The zero-order chi connectivity index (χ0) is 15.9. The van der Waals surface area contributed by atoms with Gasteiger partial charge in [0.2, 0.25) is 5.75 Å². The van der Waals surface area contributed by atoms with Crippen molar-refractivity contribution >= 4 is 0 Å². The van der Waals surface area contributed by atoms with E-state index in [1.807, 2.05) is 30.3 Å². The van der Waals surface area contributed by atoms with Crippen molar-refractivity contribution in [3.05, 3.63) is 54.1 Å². The van der Waals surface area contributed by atoms with Gasteiger partial charge in [-0.25, -0.2) is 0 Å². The Morgan fingerprint density at radius 1 is 0.909 bits per heavy atom. The zero-order valence-electron chi connectivity index (χ0n) is 12.6. The number of benzene rings is 2. The summed E-state index contributed by atoms with van der Waals surface area (Å²) in [5.41, 5.74) is 0.747. The molecule has 0 spiro atoms. The van der Waals surface area contributed by atoms with E-state index in [0.717, 1.165) is 5.56 Å². The van der Waals surface area contributed by atoms with Gasteiger partial charge in [0.1, 0.15) is 6.10 Å². The lowest BCUT2D eigenvalue weighted by molar-refractivity contribution is -0.00387. The minimum Gasteiger partial charge on any atom is -0.493 e. The van der Waals surface area contributed by atoms with E-state index in [1.165, 1.54) is 14.2 Å². The quantitative estimate of drug-likeness (QED) is 0.820. The molecule has 0 fully saturated rings. The summed E-state index contributed by atoms with van der Waals surface area (Å²) in [5.74, 6) is 1.37. The summed E-state index contributed by atoms with van der Waals surface area (Å²) >= 11 is 0. The highest BCUT2D eigenvalue weighted by Crippen LogP contribution is 2.40. The number of aliphatic hydroxyl groups excluding tert-OH is 2. The maximum Gasteiger partial charge on any atom is 0.204 e. The van der Waals surface area contributed by atoms with E-state index in [2.05, 4.69) is 0 Å².